The van der Waals surface area contributed by atoms with E-state index in [1.54, 1.807) is 6.20 Å². The van der Waals surface area contributed by atoms with Gasteiger partial charge in [-0.3, -0.25) is 0 Å². The molecule has 18 heavy (non-hydrogen) atoms. The number of hydrogen-bond donors (Lipinski definition) is 1. The lowest BCUT2D eigenvalue weighted by Crippen LogP contribution is -2.41. The maximum atomic E-state index is 14.0. The van der Waals surface area contributed by atoms with E-state index in [2.05, 4.69) is 25.8 Å². The van der Waals surface area contributed by atoms with Crippen LogP contribution in [0.3, 0.4) is 0 Å². The summed E-state index contributed by atoms with van der Waals surface area (Å²) in [6, 6.07) is 2.14. The molecule has 5 heteroatoms. The minimum absolute atomic E-state index is 0.263. The zero-order valence-electron chi connectivity index (χ0n) is 10.6. The Labute approximate surface area is 116 Å². The van der Waals surface area contributed by atoms with Gasteiger partial charge in [-0.25, -0.2) is 9.37 Å². The molecule has 0 spiro atoms. The van der Waals surface area contributed by atoms with Crippen molar-refractivity contribution in [3.8, 4) is 0 Å². The Morgan fingerprint density at radius 2 is 2.11 bits per heavy atom. The van der Waals surface area contributed by atoms with Gasteiger partial charge in [0.2, 0.25) is 0 Å². The second kappa shape index (κ2) is 5.97. The topological polar surface area (TPSA) is 42.2 Å². The summed E-state index contributed by atoms with van der Waals surface area (Å²) in [5.41, 5.74) is 5.91. The Hall–Kier alpha value is -0.680. The smallest absolute Gasteiger partial charge is 0.166 e. The van der Waals surface area contributed by atoms with Gasteiger partial charge in [0.1, 0.15) is 0 Å². The molecule has 0 aliphatic heterocycles. The molecule has 1 aromatic rings. The Morgan fingerprint density at radius 1 is 1.44 bits per heavy atom. The molecule has 3 nitrogen and oxygen atoms in total. The second-order valence-corrected chi connectivity index (χ2v) is 5.73. The maximum absolute atomic E-state index is 14.0. The van der Waals surface area contributed by atoms with Gasteiger partial charge in [0.15, 0.2) is 11.6 Å². The van der Waals surface area contributed by atoms with Gasteiger partial charge in [-0.15, -0.1) is 0 Å². The average Bonchev–Trinajstić information content (AvgIpc) is 2.35. The number of halogens is 2. The molecule has 0 unspecified atom stereocenters. The van der Waals surface area contributed by atoms with Crippen molar-refractivity contribution in [3.63, 3.8) is 0 Å². The van der Waals surface area contributed by atoms with Gasteiger partial charge in [0, 0.05) is 29.3 Å². The molecule has 2 N–H and O–H groups in total. The number of aromatic nitrogens is 1. The highest BCUT2D eigenvalue weighted by Gasteiger charge is 2.25. The van der Waals surface area contributed by atoms with Crippen LogP contribution in [0.5, 0.6) is 0 Å². The number of hydrogen-bond acceptors (Lipinski definition) is 3. The number of nitrogens with zero attached hydrogens (tertiary/aromatic N) is 2. The molecule has 0 amide bonds. The molecule has 0 radical (unpaired) electrons. The van der Waals surface area contributed by atoms with Crippen LogP contribution in [0.1, 0.15) is 32.6 Å². The molecule has 0 atom stereocenters. The summed E-state index contributed by atoms with van der Waals surface area (Å²) < 4.78 is 14.6. The minimum atomic E-state index is -0.263. The Kier molecular flexibility index (Phi) is 4.56. The van der Waals surface area contributed by atoms with Crippen LogP contribution in [-0.2, 0) is 0 Å². The molecule has 1 heterocycles. The SMILES string of the molecule is CCN(c1ncc(Br)cc1F)C1CCC(N)CC1. The van der Waals surface area contributed by atoms with E-state index in [4.69, 9.17) is 5.73 Å². The van der Waals surface area contributed by atoms with Crippen molar-refractivity contribution in [1.82, 2.24) is 4.98 Å². The molecule has 2 rings (SSSR count). The molecule has 0 saturated heterocycles. The number of rotatable bonds is 3. The van der Waals surface area contributed by atoms with Crippen molar-refractivity contribution in [2.75, 3.05) is 11.4 Å². The summed E-state index contributed by atoms with van der Waals surface area (Å²) in [4.78, 5) is 6.28. The molecule has 1 aliphatic rings. The van der Waals surface area contributed by atoms with E-state index in [1.807, 2.05) is 6.92 Å². The van der Waals surface area contributed by atoms with E-state index in [-0.39, 0.29) is 5.82 Å². The first kappa shape index (κ1) is 13.7. The summed E-state index contributed by atoms with van der Waals surface area (Å²) in [6.45, 7) is 2.81. The van der Waals surface area contributed by atoms with E-state index in [0.717, 1.165) is 32.2 Å². The molecule has 0 bridgehead atoms. The monoisotopic (exact) mass is 315 g/mol. The van der Waals surface area contributed by atoms with Crippen LogP contribution < -0.4 is 10.6 Å². The predicted molar refractivity (Wildman–Crippen MR) is 75.1 cm³/mol. The number of anilines is 1. The zero-order chi connectivity index (χ0) is 13.1. The highest BCUT2D eigenvalue weighted by molar-refractivity contribution is 9.10. The van der Waals surface area contributed by atoms with E-state index >= 15 is 0 Å². The Balaban J connectivity index is 2.17. The largest absolute Gasteiger partial charge is 0.351 e. The van der Waals surface area contributed by atoms with Crippen molar-refractivity contribution in [3.05, 3.63) is 22.6 Å². The molecular weight excluding hydrogens is 297 g/mol. The first-order valence-electron chi connectivity index (χ1n) is 6.45. The molecule has 1 aliphatic carbocycles. The highest BCUT2D eigenvalue weighted by atomic mass is 79.9. The molecule has 1 fully saturated rings. The first-order chi connectivity index (χ1) is 8.61. The molecule has 1 saturated carbocycles. The van der Waals surface area contributed by atoms with Crippen LogP contribution in [0, 0.1) is 5.82 Å². The van der Waals surface area contributed by atoms with Crippen LogP contribution in [0.4, 0.5) is 10.2 Å². The van der Waals surface area contributed by atoms with E-state index in [0.29, 0.717) is 22.4 Å². The lowest BCUT2D eigenvalue weighted by atomic mass is 9.90. The van der Waals surface area contributed by atoms with Crippen molar-refractivity contribution in [1.29, 1.82) is 0 Å². The minimum Gasteiger partial charge on any atom is -0.351 e. The van der Waals surface area contributed by atoms with Crippen LogP contribution >= 0.6 is 15.9 Å². The van der Waals surface area contributed by atoms with Crippen molar-refractivity contribution < 1.29 is 4.39 Å². The van der Waals surface area contributed by atoms with Gasteiger partial charge in [-0.05, 0) is 54.6 Å². The van der Waals surface area contributed by atoms with Gasteiger partial charge in [0.05, 0.1) is 0 Å². The quantitative estimate of drug-likeness (QED) is 0.932. The average molecular weight is 316 g/mol. The van der Waals surface area contributed by atoms with Gasteiger partial charge in [-0.2, -0.15) is 0 Å². The van der Waals surface area contributed by atoms with Crippen LogP contribution in [0.25, 0.3) is 0 Å². The third kappa shape index (κ3) is 3.01. The normalized spacial score (nSPS) is 24.0. The summed E-state index contributed by atoms with van der Waals surface area (Å²) in [5, 5.41) is 0. The number of nitrogens with two attached hydrogens (primary N) is 1. The first-order valence-corrected chi connectivity index (χ1v) is 7.24. The van der Waals surface area contributed by atoms with Gasteiger partial charge < -0.3 is 10.6 Å². The van der Waals surface area contributed by atoms with Crippen molar-refractivity contribution in [2.24, 2.45) is 5.73 Å². The zero-order valence-corrected chi connectivity index (χ0v) is 12.2. The summed E-state index contributed by atoms with van der Waals surface area (Å²) >= 11 is 3.23. The summed E-state index contributed by atoms with van der Waals surface area (Å²) in [7, 11) is 0. The van der Waals surface area contributed by atoms with Crippen molar-refractivity contribution in [2.45, 2.75) is 44.7 Å². The van der Waals surface area contributed by atoms with E-state index < -0.39 is 0 Å². The predicted octanol–water partition coefficient (Wildman–Crippen LogP) is 3.08. The molecule has 0 aromatic carbocycles. The lowest BCUT2D eigenvalue weighted by Gasteiger charge is -2.36. The Bertz CT molecular complexity index is 405. The standard InChI is InChI=1S/C13H19BrFN3/c1-2-18(11-5-3-10(16)4-6-11)13-12(15)7-9(14)8-17-13/h7-8,10-11H,2-6,16H2,1H3. The third-order valence-corrected chi connectivity index (χ3v) is 4.02. The molecule has 100 valence electrons. The Morgan fingerprint density at radius 3 is 2.67 bits per heavy atom. The second-order valence-electron chi connectivity index (χ2n) is 4.81. The van der Waals surface area contributed by atoms with Crippen LogP contribution in [0.2, 0.25) is 0 Å². The molecular formula is C13H19BrFN3. The van der Waals surface area contributed by atoms with Gasteiger partial charge >= 0.3 is 0 Å². The van der Waals surface area contributed by atoms with Gasteiger partial charge in [-0.1, -0.05) is 0 Å². The fourth-order valence-corrected chi connectivity index (χ4v) is 2.92. The van der Waals surface area contributed by atoms with Crippen LogP contribution in [-0.4, -0.2) is 23.6 Å². The fourth-order valence-electron chi connectivity index (χ4n) is 2.61. The van der Waals surface area contributed by atoms with Gasteiger partial charge in [0.25, 0.3) is 0 Å². The fraction of sp³-hybridized carbons (Fsp3) is 0.615. The van der Waals surface area contributed by atoms with Crippen molar-refractivity contribution >= 4 is 21.7 Å². The summed E-state index contributed by atoms with van der Waals surface area (Å²) in [5.74, 6) is 0.197. The highest BCUT2D eigenvalue weighted by Crippen LogP contribution is 2.28. The number of pyridine rings is 1. The maximum Gasteiger partial charge on any atom is 0.166 e. The van der Waals surface area contributed by atoms with E-state index in [1.165, 1.54) is 6.07 Å². The third-order valence-electron chi connectivity index (χ3n) is 3.58. The molecule has 1 aromatic heterocycles. The lowest BCUT2D eigenvalue weighted by molar-refractivity contribution is 0.374. The van der Waals surface area contributed by atoms with Crippen LogP contribution in [0.15, 0.2) is 16.7 Å². The van der Waals surface area contributed by atoms with E-state index in [9.17, 15) is 4.39 Å². The summed E-state index contributed by atoms with van der Waals surface area (Å²) in [6.07, 6.45) is 5.71.